The number of fused-ring (bicyclic) bond motifs is 5. The van der Waals surface area contributed by atoms with E-state index >= 15 is 0 Å². The second kappa shape index (κ2) is 5.05. The summed E-state index contributed by atoms with van der Waals surface area (Å²) in [5.74, 6) is 1.05. The first-order chi connectivity index (χ1) is 11.1. The molecule has 0 aromatic rings. The van der Waals surface area contributed by atoms with Crippen molar-refractivity contribution in [1.82, 2.24) is 0 Å². The van der Waals surface area contributed by atoms with Gasteiger partial charge >= 0.3 is 0 Å². The third-order valence-electron chi connectivity index (χ3n) is 9.06. The largest absolute Gasteiger partial charge is 0.393 e. The molecular formula is C20H32O4. The molecule has 3 N–H and O–H groups in total. The number of carbonyl (C=O) groups excluding carboxylic acids is 1. The standard InChI is InChI=1S/C20H32O4/c1-18-7-6-14-12(13(18)4-5-17(18)23)9-16(22)15-8-11(21)10-19(2,24)20(14,15)3/h12-17,22-24H,4-10H2,1-3H3/t12-,13-,14-,15+,16-,17-,18-,19+,20+/m0/s1. The van der Waals surface area contributed by atoms with Crippen molar-refractivity contribution in [3.8, 4) is 0 Å². The summed E-state index contributed by atoms with van der Waals surface area (Å²) in [6, 6.07) is 0. The molecule has 24 heavy (non-hydrogen) atoms. The quantitative estimate of drug-likeness (QED) is 0.634. The topological polar surface area (TPSA) is 77.8 Å². The van der Waals surface area contributed by atoms with Crippen molar-refractivity contribution >= 4 is 5.78 Å². The van der Waals surface area contributed by atoms with Gasteiger partial charge in [-0.15, -0.1) is 0 Å². The van der Waals surface area contributed by atoms with Gasteiger partial charge in [-0.3, -0.25) is 4.79 Å². The van der Waals surface area contributed by atoms with Crippen LogP contribution in [0.5, 0.6) is 0 Å². The fraction of sp³-hybridized carbons (Fsp3) is 0.950. The maximum atomic E-state index is 12.2. The molecule has 136 valence electrons. The van der Waals surface area contributed by atoms with Crippen LogP contribution >= 0.6 is 0 Å². The molecule has 9 atom stereocenters. The summed E-state index contributed by atoms with van der Waals surface area (Å²) in [5, 5.41) is 32.7. The average Bonchev–Trinajstić information content (AvgIpc) is 2.78. The molecule has 4 heteroatoms. The highest BCUT2D eigenvalue weighted by Gasteiger charge is 2.67. The molecule has 0 aromatic carbocycles. The van der Waals surface area contributed by atoms with Crippen LogP contribution in [0.4, 0.5) is 0 Å². The number of hydrogen-bond donors (Lipinski definition) is 3. The Morgan fingerprint density at radius 3 is 2.42 bits per heavy atom. The van der Waals surface area contributed by atoms with Crippen LogP contribution in [0, 0.1) is 34.5 Å². The lowest BCUT2D eigenvalue weighted by molar-refractivity contribution is -0.233. The number of rotatable bonds is 0. The van der Waals surface area contributed by atoms with E-state index in [9.17, 15) is 20.1 Å². The molecule has 0 amide bonds. The SMILES string of the molecule is C[C@]12CC[C@H]3[C@@H](C[C@H](O)[C@H]4CC(=O)C[C@@](C)(O)[C@@]43C)[C@@H]1CC[C@@H]2O. The number of aliphatic hydroxyl groups is 3. The van der Waals surface area contributed by atoms with Gasteiger partial charge in [0.25, 0.3) is 0 Å². The predicted octanol–water partition coefficient (Wildman–Crippen LogP) is 2.29. The first-order valence-electron chi connectivity index (χ1n) is 9.71. The van der Waals surface area contributed by atoms with Crippen LogP contribution < -0.4 is 0 Å². The maximum absolute atomic E-state index is 12.2. The second-order valence-electron chi connectivity index (χ2n) is 9.90. The van der Waals surface area contributed by atoms with E-state index in [-0.39, 0.29) is 29.6 Å². The Bertz CT molecular complexity index is 558. The monoisotopic (exact) mass is 336 g/mol. The molecule has 0 aromatic heterocycles. The number of ketones is 1. The van der Waals surface area contributed by atoms with E-state index in [0.29, 0.717) is 24.2 Å². The van der Waals surface area contributed by atoms with Crippen molar-refractivity contribution < 1.29 is 20.1 Å². The van der Waals surface area contributed by atoms with E-state index in [1.54, 1.807) is 0 Å². The van der Waals surface area contributed by atoms with E-state index in [2.05, 4.69) is 13.8 Å². The van der Waals surface area contributed by atoms with Gasteiger partial charge in [0, 0.05) is 24.2 Å². The Morgan fingerprint density at radius 1 is 1.00 bits per heavy atom. The minimum Gasteiger partial charge on any atom is -0.393 e. The lowest BCUT2D eigenvalue weighted by atomic mass is 9.41. The van der Waals surface area contributed by atoms with Crippen LogP contribution in [0.2, 0.25) is 0 Å². The average molecular weight is 336 g/mol. The highest BCUT2D eigenvalue weighted by atomic mass is 16.3. The first-order valence-corrected chi connectivity index (χ1v) is 9.71. The smallest absolute Gasteiger partial charge is 0.136 e. The Balaban J connectivity index is 1.75. The van der Waals surface area contributed by atoms with E-state index in [4.69, 9.17) is 0 Å². The Hall–Kier alpha value is -0.450. The van der Waals surface area contributed by atoms with Crippen molar-refractivity contribution in [1.29, 1.82) is 0 Å². The molecule has 4 nitrogen and oxygen atoms in total. The fourth-order valence-electron chi connectivity index (χ4n) is 7.49. The van der Waals surface area contributed by atoms with Crippen molar-refractivity contribution in [2.75, 3.05) is 0 Å². The molecule has 4 aliphatic carbocycles. The first kappa shape index (κ1) is 17.0. The van der Waals surface area contributed by atoms with Gasteiger partial charge < -0.3 is 15.3 Å². The summed E-state index contributed by atoms with van der Waals surface area (Å²) in [6.07, 6.45) is 4.43. The normalized spacial score (nSPS) is 60.3. The predicted molar refractivity (Wildman–Crippen MR) is 90.1 cm³/mol. The fourth-order valence-corrected chi connectivity index (χ4v) is 7.49. The minimum atomic E-state index is -1.05. The summed E-state index contributed by atoms with van der Waals surface area (Å²) in [7, 11) is 0. The zero-order valence-electron chi connectivity index (χ0n) is 15.2. The Labute approximate surface area is 144 Å². The molecule has 0 heterocycles. The third kappa shape index (κ3) is 1.94. The van der Waals surface area contributed by atoms with Crippen LogP contribution in [0.1, 0.15) is 65.7 Å². The number of aliphatic hydroxyl groups excluding tert-OH is 2. The van der Waals surface area contributed by atoms with Gasteiger partial charge in [-0.1, -0.05) is 13.8 Å². The Kier molecular flexibility index (Phi) is 3.57. The van der Waals surface area contributed by atoms with Gasteiger partial charge in [0.15, 0.2) is 0 Å². The van der Waals surface area contributed by atoms with E-state index < -0.39 is 17.1 Å². The van der Waals surface area contributed by atoms with Gasteiger partial charge in [0.2, 0.25) is 0 Å². The molecule has 4 rings (SSSR count). The van der Waals surface area contributed by atoms with Crippen LogP contribution in [-0.4, -0.2) is 38.9 Å². The molecule has 4 saturated carbocycles. The third-order valence-corrected chi connectivity index (χ3v) is 9.06. The van der Waals surface area contributed by atoms with Crippen LogP contribution in [-0.2, 0) is 4.79 Å². The van der Waals surface area contributed by atoms with Crippen LogP contribution in [0.15, 0.2) is 0 Å². The zero-order chi connectivity index (χ0) is 17.5. The summed E-state index contributed by atoms with van der Waals surface area (Å²) >= 11 is 0. The van der Waals surface area contributed by atoms with Crippen molar-refractivity contribution in [3.05, 3.63) is 0 Å². The highest BCUT2D eigenvalue weighted by molar-refractivity contribution is 5.81. The van der Waals surface area contributed by atoms with Crippen molar-refractivity contribution in [3.63, 3.8) is 0 Å². The summed E-state index contributed by atoms with van der Waals surface area (Å²) < 4.78 is 0. The molecule has 0 radical (unpaired) electrons. The van der Waals surface area contributed by atoms with Gasteiger partial charge in [-0.25, -0.2) is 0 Å². The molecular weight excluding hydrogens is 304 g/mol. The lowest BCUT2D eigenvalue weighted by Crippen LogP contribution is -2.66. The molecule has 0 spiro atoms. The number of hydrogen-bond acceptors (Lipinski definition) is 4. The van der Waals surface area contributed by atoms with Crippen molar-refractivity contribution in [2.45, 2.75) is 83.5 Å². The Morgan fingerprint density at radius 2 is 1.71 bits per heavy atom. The second-order valence-corrected chi connectivity index (χ2v) is 9.90. The van der Waals surface area contributed by atoms with Gasteiger partial charge in [0.1, 0.15) is 5.78 Å². The van der Waals surface area contributed by atoms with Crippen LogP contribution in [0.25, 0.3) is 0 Å². The van der Waals surface area contributed by atoms with E-state index in [1.807, 2.05) is 6.92 Å². The molecule has 0 aliphatic heterocycles. The summed E-state index contributed by atoms with van der Waals surface area (Å²) in [4.78, 5) is 12.2. The van der Waals surface area contributed by atoms with Gasteiger partial charge in [-0.05, 0) is 62.2 Å². The maximum Gasteiger partial charge on any atom is 0.136 e. The molecule has 4 aliphatic rings. The van der Waals surface area contributed by atoms with Gasteiger partial charge in [-0.2, -0.15) is 0 Å². The lowest BCUT2D eigenvalue weighted by Gasteiger charge is -2.65. The van der Waals surface area contributed by atoms with E-state index in [0.717, 1.165) is 32.1 Å². The van der Waals surface area contributed by atoms with Crippen LogP contribution in [0.3, 0.4) is 0 Å². The van der Waals surface area contributed by atoms with Gasteiger partial charge in [0.05, 0.1) is 17.8 Å². The molecule has 0 saturated heterocycles. The molecule has 0 unspecified atom stereocenters. The number of Topliss-reactive ketones (excluding diaryl/α,β-unsaturated/α-hetero) is 1. The van der Waals surface area contributed by atoms with Crippen molar-refractivity contribution in [2.24, 2.45) is 34.5 Å². The number of carbonyl (C=O) groups is 1. The summed E-state index contributed by atoms with van der Waals surface area (Å²) in [6.45, 7) is 6.15. The molecule has 0 bridgehead atoms. The minimum absolute atomic E-state index is 0.0412. The summed E-state index contributed by atoms with van der Waals surface area (Å²) in [5.41, 5.74) is -1.51. The molecule has 4 fully saturated rings. The highest BCUT2D eigenvalue weighted by Crippen LogP contribution is 2.67. The zero-order valence-corrected chi connectivity index (χ0v) is 15.2. The van der Waals surface area contributed by atoms with E-state index in [1.165, 1.54) is 0 Å².